The average Bonchev–Trinajstić information content (AvgIpc) is 2.83. The van der Waals surface area contributed by atoms with E-state index in [1.165, 1.54) is 34.1 Å². The molecule has 2 rings (SSSR count). The molecule has 0 amide bonds. The molecule has 0 spiro atoms. The Hall–Kier alpha value is -1.54. The fraction of sp³-hybridized carbons (Fsp3) is 0.125. The number of carboxylic acid groups (broad SMARTS) is 1. The molecule has 6 nitrogen and oxygen atoms in total. The van der Waals surface area contributed by atoms with E-state index >= 15 is 0 Å². The minimum atomic E-state index is -0.900. The minimum absolute atomic E-state index is 0.338. The lowest BCUT2D eigenvalue weighted by atomic mass is 10.4. The molecule has 0 atom stereocenters. The second-order valence-electron chi connectivity index (χ2n) is 2.88. The van der Waals surface area contributed by atoms with Crippen LogP contribution < -0.4 is 5.84 Å². The molecule has 2 aromatic rings. The van der Waals surface area contributed by atoms with Gasteiger partial charge in [-0.05, 0) is 12.1 Å². The van der Waals surface area contributed by atoms with Crippen LogP contribution in [0.4, 0.5) is 0 Å². The average molecular weight is 256 g/mol. The van der Waals surface area contributed by atoms with Gasteiger partial charge in [0.25, 0.3) is 0 Å². The zero-order chi connectivity index (χ0) is 11.5. The summed E-state index contributed by atoms with van der Waals surface area (Å²) < 4.78 is 1.33. The predicted molar refractivity (Wildman–Crippen MR) is 61.0 cm³/mol. The van der Waals surface area contributed by atoms with Crippen molar-refractivity contribution < 1.29 is 9.90 Å². The van der Waals surface area contributed by atoms with Crippen molar-refractivity contribution in [1.82, 2.24) is 14.9 Å². The van der Waals surface area contributed by atoms with Gasteiger partial charge in [-0.15, -0.1) is 21.5 Å². The zero-order valence-electron chi connectivity index (χ0n) is 8.03. The van der Waals surface area contributed by atoms with Gasteiger partial charge >= 0.3 is 5.97 Å². The molecule has 84 valence electrons. The van der Waals surface area contributed by atoms with Gasteiger partial charge in [0.1, 0.15) is 11.2 Å². The Bertz CT molecular complexity index is 508. The predicted octanol–water partition coefficient (Wildman–Crippen LogP) is 1.04. The molecular weight excluding hydrogens is 248 g/mol. The Balaban J connectivity index is 2.00. The first-order chi connectivity index (χ1) is 7.66. The van der Waals surface area contributed by atoms with Gasteiger partial charge in [0, 0.05) is 10.6 Å². The molecule has 0 aromatic carbocycles. The van der Waals surface area contributed by atoms with Crippen molar-refractivity contribution in [3.63, 3.8) is 0 Å². The molecular formula is C8H8N4O2S2. The molecule has 0 radical (unpaired) electrons. The van der Waals surface area contributed by atoms with Crippen LogP contribution >= 0.6 is 23.1 Å². The van der Waals surface area contributed by atoms with Crippen molar-refractivity contribution in [1.29, 1.82) is 0 Å². The third kappa shape index (κ3) is 2.34. The topological polar surface area (TPSA) is 94.0 Å². The van der Waals surface area contributed by atoms with E-state index < -0.39 is 5.97 Å². The number of carbonyl (C=O) groups is 1. The number of hydrogen-bond acceptors (Lipinski definition) is 6. The van der Waals surface area contributed by atoms with Crippen molar-refractivity contribution in [3.8, 4) is 0 Å². The van der Waals surface area contributed by atoms with Crippen molar-refractivity contribution in [3.05, 3.63) is 28.2 Å². The molecule has 2 heterocycles. The maximum Gasteiger partial charge on any atom is 0.345 e. The van der Waals surface area contributed by atoms with Crippen LogP contribution in [0.5, 0.6) is 0 Å². The van der Waals surface area contributed by atoms with Gasteiger partial charge in [0.15, 0.2) is 0 Å². The van der Waals surface area contributed by atoms with Crippen LogP contribution in [0, 0.1) is 0 Å². The summed E-state index contributed by atoms with van der Waals surface area (Å²) in [6.45, 7) is 0. The third-order valence-electron chi connectivity index (χ3n) is 1.76. The van der Waals surface area contributed by atoms with E-state index in [-0.39, 0.29) is 0 Å². The summed E-state index contributed by atoms with van der Waals surface area (Å²) in [6.07, 6.45) is 1.42. The second-order valence-corrected chi connectivity index (χ2v) is 4.99. The van der Waals surface area contributed by atoms with Crippen LogP contribution in [0.15, 0.2) is 23.6 Å². The highest BCUT2D eigenvalue weighted by Crippen LogP contribution is 2.24. The minimum Gasteiger partial charge on any atom is -0.477 e. The number of rotatable bonds is 4. The number of nitrogen functional groups attached to an aromatic ring is 1. The molecule has 0 saturated carbocycles. The molecule has 3 N–H and O–H groups in total. The van der Waals surface area contributed by atoms with E-state index in [4.69, 9.17) is 10.9 Å². The molecule has 8 heteroatoms. The van der Waals surface area contributed by atoms with Crippen molar-refractivity contribution in [2.24, 2.45) is 0 Å². The van der Waals surface area contributed by atoms with Crippen LogP contribution in [0.25, 0.3) is 0 Å². The third-order valence-corrected chi connectivity index (χ3v) is 4.02. The molecule has 0 fully saturated rings. The smallest absolute Gasteiger partial charge is 0.345 e. The van der Waals surface area contributed by atoms with Crippen molar-refractivity contribution >= 4 is 29.1 Å². The summed E-state index contributed by atoms with van der Waals surface area (Å²) in [5.74, 6) is 5.27. The summed E-state index contributed by atoms with van der Waals surface area (Å²) in [4.78, 5) is 12.0. The number of thioether (sulfide) groups is 1. The number of aromatic nitrogens is 3. The highest BCUT2D eigenvalue weighted by atomic mass is 32.2. The van der Waals surface area contributed by atoms with E-state index in [1.54, 1.807) is 12.1 Å². The summed E-state index contributed by atoms with van der Waals surface area (Å²) in [7, 11) is 0. The first-order valence-corrected chi connectivity index (χ1v) is 6.07. The van der Waals surface area contributed by atoms with Gasteiger partial charge in [-0.3, -0.25) is 0 Å². The van der Waals surface area contributed by atoms with E-state index in [0.717, 1.165) is 4.88 Å². The van der Waals surface area contributed by atoms with Crippen LogP contribution in [0.1, 0.15) is 14.5 Å². The fourth-order valence-electron chi connectivity index (χ4n) is 1.04. The lowest BCUT2D eigenvalue weighted by molar-refractivity contribution is 0.0702. The molecule has 16 heavy (non-hydrogen) atoms. The highest BCUT2D eigenvalue weighted by molar-refractivity contribution is 7.98. The standard InChI is InChI=1S/C8H8N4O2S2/c9-12-4-10-11-8(12)15-3-5-1-2-6(16-5)7(13)14/h1-2,4H,3,9H2,(H,13,14). The normalized spacial score (nSPS) is 10.5. The van der Waals surface area contributed by atoms with Gasteiger partial charge in [-0.25, -0.2) is 9.47 Å². The maximum absolute atomic E-state index is 10.7. The van der Waals surface area contributed by atoms with Crippen molar-refractivity contribution in [2.45, 2.75) is 10.9 Å². The Kier molecular flexibility index (Phi) is 3.11. The second kappa shape index (κ2) is 4.54. The maximum atomic E-state index is 10.7. The Labute approximate surface area is 99.1 Å². The Morgan fingerprint density at radius 2 is 2.44 bits per heavy atom. The first-order valence-electron chi connectivity index (χ1n) is 4.26. The van der Waals surface area contributed by atoms with Crippen molar-refractivity contribution in [2.75, 3.05) is 5.84 Å². The SMILES string of the molecule is Nn1cnnc1SCc1ccc(C(=O)O)s1. The molecule has 0 unspecified atom stereocenters. The fourth-order valence-corrected chi connectivity index (χ4v) is 2.76. The van der Waals surface area contributed by atoms with Crippen LogP contribution in [-0.2, 0) is 5.75 Å². The molecule has 0 aliphatic heterocycles. The highest BCUT2D eigenvalue weighted by Gasteiger charge is 2.08. The molecule has 0 aliphatic rings. The Morgan fingerprint density at radius 1 is 1.62 bits per heavy atom. The van der Waals surface area contributed by atoms with Crippen LogP contribution in [0.2, 0.25) is 0 Å². The largest absolute Gasteiger partial charge is 0.477 e. The summed E-state index contributed by atoms with van der Waals surface area (Å²) in [6, 6.07) is 3.38. The van der Waals surface area contributed by atoms with Gasteiger partial charge in [-0.1, -0.05) is 11.8 Å². The number of carboxylic acids is 1. The van der Waals surface area contributed by atoms with Gasteiger partial charge in [-0.2, -0.15) is 0 Å². The number of thiophene rings is 1. The van der Waals surface area contributed by atoms with E-state index in [0.29, 0.717) is 15.8 Å². The molecule has 0 saturated heterocycles. The summed E-state index contributed by atoms with van der Waals surface area (Å²) in [5, 5.41) is 16.8. The van der Waals surface area contributed by atoms with Gasteiger partial charge in [0.05, 0.1) is 0 Å². The molecule has 0 aliphatic carbocycles. The number of nitrogens with two attached hydrogens (primary N) is 1. The Morgan fingerprint density at radius 3 is 3.00 bits per heavy atom. The van der Waals surface area contributed by atoms with E-state index in [2.05, 4.69) is 10.2 Å². The summed E-state index contributed by atoms with van der Waals surface area (Å²) in [5.41, 5.74) is 0. The van der Waals surface area contributed by atoms with E-state index in [9.17, 15) is 4.79 Å². The lowest BCUT2D eigenvalue weighted by Crippen LogP contribution is -2.07. The summed E-state index contributed by atoms with van der Waals surface area (Å²) >= 11 is 2.66. The quantitative estimate of drug-likeness (QED) is 0.627. The van der Waals surface area contributed by atoms with Crippen LogP contribution in [-0.4, -0.2) is 25.9 Å². The number of nitrogens with zero attached hydrogens (tertiary/aromatic N) is 3. The molecule has 0 bridgehead atoms. The lowest BCUT2D eigenvalue weighted by Gasteiger charge is -1.97. The van der Waals surface area contributed by atoms with Gasteiger partial charge in [0.2, 0.25) is 5.16 Å². The number of hydrogen-bond donors (Lipinski definition) is 2. The zero-order valence-corrected chi connectivity index (χ0v) is 9.66. The molecule has 2 aromatic heterocycles. The monoisotopic (exact) mass is 256 g/mol. The number of aromatic carboxylic acids is 1. The van der Waals surface area contributed by atoms with E-state index in [1.807, 2.05) is 0 Å². The van der Waals surface area contributed by atoms with Gasteiger partial charge < -0.3 is 10.9 Å². The van der Waals surface area contributed by atoms with Crippen LogP contribution in [0.3, 0.4) is 0 Å². The first kappa shape index (κ1) is 11.0.